The minimum Gasteiger partial charge on any atom is -0.379 e. The Balaban J connectivity index is 1.61. The van der Waals surface area contributed by atoms with Crippen molar-refractivity contribution in [1.82, 2.24) is 18.8 Å². The Labute approximate surface area is 192 Å². The molecule has 4 rings (SSSR count). The third kappa shape index (κ3) is 4.53. The first-order valence-electron chi connectivity index (χ1n) is 10.5. The Hall–Kier alpha value is -2.04. The summed E-state index contributed by atoms with van der Waals surface area (Å²) < 4.78 is 49.0. The lowest BCUT2D eigenvalue weighted by Gasteiger charge is -2.26. The van der Waals surface area contributed by atoms with Crippen LogP contribution < -0.4 is 0 Å². The Kier molecular flexibility index (Phi) is 6.83. The highest BCUT2D eigenvalue weighted by atomic mass is 35.5. The Bertz CT molecular complexity index is 1210. The lowest BCUT2D eigenvalue weighted by Crippen LogP contribution is -2.40. The third-order valence-electron chi connectivity index (χ3n) is 5.62. The lowest BCUT2D eigenvalue weighted by atomic mass is 10.2. The quantitative estimate of drug-likeness (QED) is 0.517. The van der Waals surface area contributed by atoms with Gasteiger partial charge in [0.1, 0.15) is 11.6 Å². The summed E-state index contributed by atoms with van der Waals surface area (Å²) in [5.41, 5.74) is 1.92. The number of rotatable bonds is 7. The maximum absolute atomic E-state index is 14.2. The van der Waals surface area contributed by atoms with Crippen molar-refractivity contribution in [2.24, 2.45) is 0 Å². The third-order valence-corrected chi connectivity index (χ3v) is 7.87. The largest absolute Gasteiger partial charge is 0.379 e. The summed E-state index contributed by atoms with van der Waals surface area (Å²) in [6.07, 6.45) is 0. The van der Waals surface area contributed by atoms with Gasteiger partial charge in [0.2, 0.25) is 10.0 Å². The van der Waals surface area contributed by atoms with Crippen molar-refractivity contribution in [3.05, 3.63) is 58.6 Å². The molecule has 1 aliphatic rings. The molecular formula is C22H26ClFN4O3S. The molecule has 0 radical (unpaired) electrons. The van der Waals surface area contributed by atoms with Gasteiger partial charge in [0.15, 0.2) is 0 Å². The molecule has 0 amide bonds. The molecule has 1 aromatic heterocycles. The van der Waals surface area contributed by atoms with Crippen LogP contribution in [0.1, 0.15) is 18.3 Å². The van der Waals surface area contributed by atoms with Crippen LogP contribution in [0.15, 0.2) is 41.3 Å². The topological polar surface area (TPSA) is 67.7 Å². The monoisotopic (exact) mass is 480 g/mol. The second-order valence-corrected chi connectivity index (χ2v) is 10.2. The van der Waals surface area contributed by atoms with E-state index < -0.39 is 10.0 Å². The Morgan fingerprint density at radius 1 is 1.19 bits per heavy atom. The van der Waals surface area contributed by atoms with Crippen molar-refractivity contribution in [3.63, 3.8) is 0 Å². The number of halogens is 2. The van der Waals surface area contributed by atoms with E-state index in [0.717, 1.165) is 11.3 Å². The Morgan fingerprint density at radius 2 is 1.94 bits per heavy atom. The zero-order valence-electron chi connectivity index (χ0n) is 18.1. The molecule has 0 bridgehead atoms. The fourth-order valence-corrected chi connectivity index (χ4v) is 5.63. The van der Waals surface area contributed by atoms with Gasteiger partial charge in [0.05, 0.1) is 35.7 Å². The Morgan fingerprint density at radius 3 is 2.62 bits per heavy atom. The fourth-order valence-electron chi connectivity index (χ4n) is 3.98. The van der Waals surface area contributed by atoms with Crippen LogP contribution in [-0.4, -0.2) is 60.5 Å². The number of sulfonamides is 1. The van der Waals surface area contributed by atoms with E-state index in [1.165, 1.54) is 10.4 Å². The summed E-state index contributed by atoms with van der Waals surface area (Å²) in [6, 6.07) is 9.71. The van der Waals surface area contributed by atoms with Crippen molar-refractivity contribution in [2.75, 3.05) is 33.4 Å². The van der Waals surface area contributed by atoms with Crippen molar-refractivity contribution in [3.8, 4) is 0 Å². The number of imidazole rings is 1. The van der Waals surface area contributed by atoms with Gasteiger partial charge in [-0.1, -0.05) is 17.7 Å². The van der Waals surface area contributed by atoms with E-state index in [0.29, 0.717) is 62.0 Å². The number of hydrogen-bond acceptors (Lipinski definition) is 5. The van der Waals surface area contributed by atoms with Crippen molar-refractivity contribution in [2.45, 2.75) is 31.5 Å². The van der Waals surface area contributed by atoms with Gasteiger partial charge in [0.25, 0.3) is 0 Å². The molecule has 2 aromatic carbocycles. The minimum absolute atomic E-state index is 0.227. The molecule has 1 aliphatic heterocycles. The van der Waals surface area contributed by atoms with Crippen LogP contribution in [0.5, 0.6) is 0 Å². The molecule has 172 valence electrons. The predicted molar refractivity (Wildman–Crippen MR) is 122 cm³/mol. The van der Waals surface area contributed by atoms with Crippen molar-refractivity contribution >= 4 is 32.7 Å². The van der Waals surface area contributed by atoms with Crippen molar-refractivity contribution in [1.29, 1.82) is 0 Å². The number of aromatic nitrogens is 2. The van der Waals surface area contributed by atoms with Gasteiger partial charge in [-0.2, -0.15) is 4.31 Å². The smallest absolute Gasteiger partial charge is 0.243 e. The van der Waals surface area contributed by atoms with Crippen LogP contribution in [0.2, 0.25) is 5.02 Å². The van der Waals surface area contributed by atoms with Crippen LogP contribution in [-0.2, 0) is 34.4 Å². The average Bonchev–Trinajstić information content (AvgIpc) is 3.13. The summed E-state index contributed by atoms with van der Waals surface area (Å²) in [6.45, 7) is 4.96. The molecule has 1 fully saturated rings. The molecule has 10 heteroatoms. The van der Waals surface area contributed by atoms with Gasteiger partial charge < -0.3 is 9.30 Å². The normalized spacial score (nSPS) is 15.7. The molecule has 2 heterocycles. The van der Waals surface area contributed by atoms with Crippen LogP contribution in [0.3, 0.4) is 0 Å². The van der Waals surface area contributed by atoms with Crippen LogP contribution >= 0.6 is 11.6 Å². The zero-order valence-corrected chi connectivity index (χ0v) is 19.7. The first-order valence-corrected chi connectivity index (χ1v) is 12.3. The van der Waals surface area contributed by atoms with Crippen LogP contribution in [0, 0.1) is 5.82 Å². The van der Waals surface area contributed by atoms with Gasteiger partial charge in [-0.05, 0) is 44.3 Å². The molecule has 32 heavy (non-hydrogen) atoms. The highest BCUT2D eigenvalue weighted by Crippen LogP contribution is 2.25. The summed E-state index contributed by atoms with van der Waals surface area (Å²) in [7, 11) is -1.73. The van der Waals surface area contributed by atoms with Gasteiger partial charge in [-0.15, -0.1) is 0 Å². The number of morpholine rings is 1. The first kappa shape index (κ1) is 23.1. The molecule has 0 saturated carbocycles. The minimum atomic E-state index is -3.60. The van der Waals surface area contributed by atoms with E-state index in [-0.39, 0.29) is 10.7 Å². The number of benzene rings is 2. The number of hydrogen-bond donors (Lipinski definition) is 0. The van der Waals surface area contributed by atoms with Gasteiger partial charge in [-0.25, -0.2) is 17.8 Å². The predicted octanol–water partition coefficient (Wildman–Crippen LogP) is 3.50. The maximum atomic E-state index is 14.2. The average molecular weight is 481 g/mol. The van der Waals surface area contributed by atoms with E-state index >= 15 is 0 Å². The van der Waals surface area contributed by atoms with Crippen molar-refractivity contribution < 1.29 is 17.5 Å². The molecule has 7 nitrogen and oxygen atoms in total. The van der Waals surface area contributed by atoms with E-state index in [9.17, 15) is 12.8 Å². The SMILES string of the molecule is CCn1c(CN(C)Cc2c(F)cccc2Cl)nc2cc(S(=O)(=O)N3CCOCC3)ccc21. The van der Waals surface area contributed by atoms with E-state index in [1.54, 1.807) is 30.3 Å². The molecule has 0 unspecified atom stereocenters. The van der Waals surface area contributed by atoms with E-state index in [1.807, 2.05) is 23.4 Å². The zero-order chi connectivity index (χ0) is 22.9. The summed E-state index contributed by atoms with van der Waals surface area (Å²) in [5, 5.41) is 0.388. The number of fused-ring (bicyclic) bond motifs is 1. The molecule has 3 aromatic rings. The summed E-state index contributed by atoms with van der Waals surface area (Å²) in [4.78, 5) is 6.88. The van der Waals surface area contributed by atoms with Gasteiger partial charge >= 0.3 is 0 Å². The number of aryl methyl sites for hydroxylation is 1. The molecule has 0 aliphatic carbocycles. The second kappa shape index (κ2) is 9.44. The maximum Gasteiger partial charge on any atom is 0.243 e. The first-order chi connectivity index (χ1) is 15.3. The summed E-state index contributed by atoms with van der Waals surface area (Å²) >= 11 is 6.17. The van der Waals surface area contributed by atoms with Crippen LogP contribution in [0.25, 0.3) is 11.0 Å². The second-order valence-electron chi connectivity index (χ2n) is 7.81. The van der Waals surface area contributed by atoms with E-state index in [4.69, 9.17) is 21.3 Å². The molecule has 0 atom stereocenters. The standard InChI is InChI=1S/C22H26ClFN4O3S/c1-3-28-21-8-7-16(32(29,30)27-9-11-31-12-10-27)13-20(21)25-22(28)15-26(2)14-17-18(23)5-4-6-19(17)24/h4-8,13H,3,9-12,14-15H2,1-2H3. The van der Waals surface area contributed by atoms with Gasteiger partial charge in [0, 0.05) is 36.8 Å². The molecule has 0 spiro atoms. The molecule has 1 saturated heterocycles. The lowest BCUT2D eigenvalue weighted by molar-refractivity contribution is 0.0730. The number of ether oxygens (including phenoxy) is 1. The highest BCUT2D eigenvalue weighted by Gasteiger charge is 2.27. The molecular weight excluding hydrogens is 455 g/mol. The highest BCUT2D eigenvalue weighted by molar-refractivity contribution is 7.89. The van der Waals surface area contributed by atoms with Crippen LogP contribution in [0.4, 0.5) is 4.39 Å². The number of nitrogens with zero attached hydrogens (tertiary/aromatic N) is 4. The fraction of sp³-hybridized carbons (Fsp3) is 0.409. The van der Waals surface area contributed by atoms with E-state index in [2.05, 4.69) is 0 Å². The van der Waals surface area contributed by atoms with Gasteiger partial charge in [-0.3, -0.25) is 4.90 Å². The summed E-state index contributed by atoms with van der Waals surface area (Å²) in [5.74, 6) is 0.435. The molecule has 0 N–H and O–H groups in total.